The first-order chi connectivity index (χ1) is 5.58. The fraction of sp³-hybridized carbons (Fsp3) is 0.700. The van der Waals surface area contributed by atoms with Crippen LogP contribution in [0.1, 0.15) is 33.1 Å². The summed E-state index contributed by atoms with van der Waals surface area (Å²) >= 11 is 0. The van der Waals surface area contributed by atoms with E-state index in [-0.39, 0.29) is 11.4 Å². The number of allylic oxidation sites excluding steroid dienone is 2. The lowest BCUT2D eigenvalue weighted by atomic mass is 9.77. The Balaban J connectivity index is 2.69. The predicted octanol–water partition coefficient (Wildman–Crippen LogP) is 2.30. The third-order valence-corrected chi connectivity index (χ3v) is 2.65. The predicted molar refractivity (Wildman–Crippen MR) is 47.7 cm³/mol. The van der Waals surface area contributed by atoms with Crippen molar-refractivity contribution in [1.82, 2.24) is 0 Å². The Hall–Kier alpha value is -0.790. The second-order valence-corrected chi connectivity index (χ2v) is 3.81. The molecule has 2 nitrogen and oxygen atoms in total. The van der Waals surface area contributed by atoms with E-state index >= 15 is 0 Å². The molecule has 0 aliphatic heterocycles. The Kier molecular flexibility index (Phi) is 2.55. The molecule has 1 atom stereocenters. The van der Waals surface area contributed by atoms with E-state index in [1.54, 1.807) is 0 Å². The van der Waals surface area contributed by atoms with Crippen molar-refractivity contribution in [2.75, 3.05) is 7.11 Å². The van der Waals surface area contributed by atoms with Crippen LogP contribution in [0.2, 0.25) is 0 Å². The normalized spacial score (nSPS) is 29.4. The van der Waals surface area contributed by atoms with Crippen LogP contribution in [0.4, 0.5) is 0 Å². The van der Waals surface area contributed by atoms with Crippen molar-refractivity contribution in [3.8, 4) is 0 Å². The average Bonchev–Trinajstić information content (AvgIpc) is 2.09. The van der Waals surface area contributed by atoms with Gasteiger partial charge in [0.1, 0.15) is 0 Å². The number of ether oxygens (including phenoxy) is 1. The van der Waals surface area contributed by atoms with Crippen molar-refractivity contribution in [2.45, 2.75) is 33.1 Å². The third-order valence-electron chi connectivity index (χ3n) is 2.65. The third kappa shape index (κ3) is 1.68. The van der Waals surface area contributed by atoms with Crippen LogP contribution in [-0.4, -0.2) is 13.1 Å². The van der Waals surface area contributed by atoms with Gasteiger partial charge in [0.2, 0.25) is 0 Å². The molecule has 1 unspecified atom stereocenters. The number of methoxy groups -OCH3 is 1. The standard InChI is InChI=1S/C10H16O2/c1-8-4-6-10(2,7-5-8)9(11)12-3/h4H,5-7H2,1-3H3. The molecular formula is C10H16O2. The summed E-state index contributed by atoms with van der Waals surface area (Å²) in [4.78, 5) is 11.3. The molecule has 68 valence electrons. The Morgan fingerprint density at radius 2 is 2.33 bits per heavy atom. The molecule has 0 N–H and O–H groups in total. The molecule has 0 bridgehead atoms. The molecule has 2 heteroatoms. The van der Waals surface area contributed by atoms with Gasteiger partial charge in [-0.1, -0.05) is 11.6 Å². The van der Waals surface area contributed by atoms with Gasteiger partial charge in [-0.05, 0) is 33.1 Å². The van der Waals surface area contributed by atoms with Crippen LogP contribution in [0.3, 0.4) is 0 Å². The highest BCUT2D eigenvalue weighted by Crippen LogP contribution is 2.35. The summed E-state index contributed by atoms with van der Waals surface area (Å²) in [6.07, 6.45) is 4.90. The van der Waals surface area contributed by atoms with Gasteiger partial charge in [0, 0.05) is 0 Å². The van der Waals surface area contributed by atoms with Gasteiger partial charge < -0.3 is 4.74 Å². The SMILES string of the molecule is COC(=O)C1(C)CC=C(C)CC1. The van der Waals surface area contributed by atoms with Gasteiger partial charge in [0.15, 0.2) is 0 Å². The fourth-order valence-corrected chi connectivity index (χ4v) is 1.51. The van der Waals surface area contributed by atoms with Crippen LogP contribution < -0.4 is 0 Å². The van der Waals surface area contributed by atoms with E-state index in [0.29, 0.717) is 0 Å². The summed E-state index contributed by atoms with van der Waals surface area (Å²) in [5, 5.41) is 0. The van der Waals surface area contributed by atoms with E-state index in [1.807, 2.05) is 6.92 Å². The highest BCUT2D eigenvalue weighted by Gasteiger charge is 2.34. The van der Waals surface area contributed by atoms with Gasteiger partial charge in [-0.25, -0.2) is 0 Å². The minimum atomic E-state index is -0.270. The first kappa shape index (κ1) is 9.30. The molecule has 0 amide bonds. The minimum Gasteiger partial charge on any atom is -0.469 e. The van der Waals surface area contributed by atoms with E-state index in [2.05, 4.69) is 13.0 Å². The molecule has 1 rings (SSSR count). The van der Waals surface area contributed by atoms with Crippen LogP contribution in [0.15, 0.2) is 11.6 Å². The second-order valence-electron chi connectivity index (χ2n) is 3.81. The zero-order valence-electron chi connectivity index (χ0n) is 8.02. The van der Waals surface area contributed by atoms with E-state index in [4.69, 9.17) is 4.74 Å². The lowest BCUT2D eigenvalue weighted by Crippen LogP contribution is -2.30. The summed E-state index contributed by atoms with van der Waals surface area (Å²) in [7, 11) is 1.46. The second kappa shape index (κ2) is 3.30. The van der Waals surface area contributed by atoms with Crippen molar-refractivity contribution in [3.63, 3.8) is 0 Å². The van der Waals surface area contributed by atoms with Crippen molar-refractivity contribution < 1.29 is 9.53 Å². The van der Waals surface area contributed by atoms with E-state index in [9.17, 15) is 4.79 Å². The largest absolute Gasteiger partial charge is 0.469 e. The van der Waals surface area contributed by atoms with Gasteiger partial charge in [0.05, 0.1) is 12.5 Å². The van der Waals surface area contributed by atoms with Crippen LogP contribution in [0, 0.1) is 5.41 Å². The van der Waals surface area contributed by atoms with Gasteiger partial charge in [-0.3, -0.25) is 4.79 Å². The van der Waals surface area contributed by atoms with Crippen molar-refractivity contribution in [3.05, 3.63) is 11.6 Å². The summed E-state index contributed by atoms with van der Waals surface area (Å²) in [6.45, 7) is 4.08. The minimum absolute atomic E-state index is 0.0775. The number of carbonyl (C=O) groups excluding carboxylic acids is 1. The molecule has 0 fully saturated rings. The van der Waals surface area contributed by atoms with Crippen LogP contribution in [0.5, 0.6) is 0 Å². The van der Waals surface area contributed by atoms with Gasteiger partial charge in [0.25, 0.3) is 0 Å². The Labute approximate surface area is 73.6 Å². The molecule has 0 aromatic carbocycles. The maximum absolute atomic E-state index is 11.3. The zero-order valence-corrected chi connectivity index (χ0v) is 8.02. The molecule has 1 aliphatic carbocycles. The van der Waals surface area contributed by atoms with Crippen LogP contribution in [-0.2, 0) is 9.53 Å². The lowest BCUT2D eigenvalue weighted by molar-refractivity contribution is -0.152. The summed E-state index contributed by atoms with van der Waals surface area (Å²) in [5.41, 5.74) is 1.12. The van der Waals surface area contributed by atoms with E-state index < -0.39 is 0 Å². The Morgan fingerprint density at radius 3 is 2.75 bits per heavy atom. The highest BCUT2D eigenvalue weighted by atomic mass is 16.5. The number of hydrogen-bond acceptors (Lipinski definition) is 2. The molecule has 0 saturated heterocycles. The van der Waals surface area contributed by atoms with Crippen molar-refractivity contribution in [2.24, 2.45) is 5.41 Å². The Morgan fingerprint density at radius 1 is 1.67 bits per heavy atom. The molecule has 0 aromatic heterocycles. The van der Waals surface area contributed by atoms with Gasteiger partial charge >= 0.3 is 5.97 Å². The number of carbonyl (C=O) groups is 1. The molecule has 0 radical (unpaired) electrons. The van der Waals surface area contributed by atoms with Crippen molar-refractivity contribution in [1.29, 1.82) is 0 Å². The smallest absolute Gasteiger partial charge is 0.311 e. The maximum Gasteiger partial charge on any atom is 0.311 e. The topological polar surface area (TPSA) is 26.3 Å². The quantitative estimate of drug-likeness (QED) is 0.443. The highest BCUT2D eigenvalue weighted by molar-refractivity contribution is 5.76. The summed E-state index contributed by atoms with van der Waals surface area (Å²) in [5.74, 6) is -0.0775. The van der Waals surface area contributed by atoms with Gasteiger partial charge in [-0.15, -0.1) is 0 Å². The molecule has 0 spiro atoms. The van der Waals surface area contributed by atoms with E-state index in [0.717, 1.165) is 19.3 Å². The molecule has 1 aliphatic rings. The molecule has 0 heterocycles. The van der Waals surface area contributed by atoms with Gasteiger partial charge in [-0.2, -0.15) is 0 Å². The van der Waals surface area contributed by atoms with Crippen LogP contribution in [0.25, 0.3) is 0 Å². The van der Waals surface area contributed by atoms with Crippen molar-refractivity contribution >= 4 is 5.97 Å². The number of rotatable bonds is 1. The first-order valence-corrected chi connectivity index (χ1v) is 4.32. The Bertz CT molecular complexity index is 218. The number of hydrogen-bond donors (Lipinski definition) is 0. The molecule has 0 saturated carbocycles. The molecular weight excluding hydrogens is 152 g/mol. The van der Waals surface area contributed by atoms with Crippen LogP contribution >= 0.6 is 0 Å². The first-order valence-electron chi connectivity index (χ1n) is 4.32. The maximum atomic E-state index is 11.3. The average molecular weight is 168 g/mol. The number of esters is 1. The fourth-order valence-electron chi connectivity index (χ4n) is 1.51. The lowest BCUT2D eigenvalue weighted by Gasteiger charge is -2.28. The molecule has 0 aromatic rings. The summed E-state index contributed by atoms with van der Waals surface area (Å²) in [6, 6.07) is 0. The monoisotopic (exact) mass is 168 g/mol. The summed E-state index contributed by atoms with van der Waals surface area (Å²) < 4.78 is 4.76. The van der Waals surface area contributed by atoms with E-state index in [1.165, 1.54) is 12.7 Å². The zero-order chi connectivity index (χ0) is 9.19. The molecule has 12 heavy (non-hydrogen) atoms.